The second-order valence-electron chi connectivity index (χ2n) is 7.71. The van der Waals surface area contributed by atoms with Crippen LogP contribution in [0.15, 0.2) is 67.0 Å². The number of hydrogen-bond acceptors (Lipinski definition) is 4. The predicted octanol–water partition coefficient (Wildman–Crippen LogP) is 2.97. The summed E-state index contributed by atoms with van der Waals surface area (Å²) in [6.45, 7) is 1.02. The molecule has 7 nitrogen and oxygen atoms in total. The molecule has 2 aromatic carbocycles. The maximum absolute atomic E-state index is 13.2. The van der Waals surface area contributed by atoms with Gasteiger partial charge in [-0.3, -0.25) is 9.59 Å². The fourth-order valence-electron chi connectivity index (χ4n) is 3.92. The Kier molecular flexibility index (Phi) is 6.13. The molecule has 2 amide bonds. The van der Waals surface area contributed by atoms with Gasteiger partial charge in [-0.1, -0.05) is 30.3 Å². The van der Waals surface area contributed by atoms with Crippen LogP contribution in [0.5, 0.6) is 0 Å². The number of nitrogens with zero attached hydrogens (tertiary/aromatic N) is 3. The van der Waals surface area contributed by atoms with Crippen molar-refractivity contribution in [1.29, 1.82) is 0 Å². The predicted molar refractivity (Wildman–Crippen MR) is 117 cm³/mol. The number of benzene rings is 2. The van der Waals surface area contributed by atoms with Crippen molar-refractivity contribution in [3.8, 4) is 5.69 Å². The highest BCUT2D eigenvalue weighted by Crippen LogP contribution is 2.36. The Balaban J connectivity index is 1.44. The topological polar surface area (TPSA) is 76.5 Å². The van der Waals surface area contributed by atoms with Crippen LogP contribution in [-0.2, 0) is 16.1 Å². The van der Waals surface area contributed by atoms with E-state index in [1.54, 1.807) is 42.0 Å². The van der Waals surface area contributed by atoms with Crippen LogP contribution in [0, 0.1) is 5.92 Å². The van der Waals surface area contributed by atoms with Crippen LogP contribution in [0.4, 0.5) is 0 Å². The lowest BCUT2D eigenvalue weighted by atomic mass is 9.95. The largest absolute Gasteiger partial charge is 0.373 e. The average molecular weight is 418 g/mol. The molecule has 31 heavy (non-hydrogen) atoms. The van der Waals surface area contributed by atoms with Gasteiger partial charge in [0.1, 0.15) is 0 Å². The second-order valence-corrected chi connectivity index (χ2v) is 7.71. The first-order valence-corrected chi connectivity index (χ1v) is 10.3. The summed E-state index contributed by atoms with van der Waals surface area (Å²) in [5.74, 6) is -0.327. The van der Waals surface area contributed by atoms with Crippen LogP contribution in [0.2, 0.25) is 0 Å². The van der Waals surface area contributed by atoms with Gasteiger partial charge in [-0.25, -0.2) is 4.68 Å². The smallest absolute Gasteiger partial charge is 0.251 e. The third-order valence-corrected chi connectivity index (χ3v) is 5.60. The van der Waals surface area contributed by atoms with Crippen molar-refractivity contribution in [2.24, 2.45) is 5.92 Å². The molecule has 2 heterocycles. The van der Waals surface area contributed by atoms with Crippen LogP contribution >= 0.6 is 0 Å². The Labute approximate surface area is 181 Å². The van der Waals surface area contributed by atoms with Gasteiger partial charge in [0.25, 0.3) is 5.91 Å². The maximum Gasteiger partial charge on any atom is 0.251 e. The number of para-hydroxylation sites is 1. The molecule has 1 N–H and O–H groups in total. The van der Waals surface area contributed by atoms with Crippen LogP contribution in [-0.4, -0.2) is 47.2 Å². The van der Waals surface area contributed by atoms with E-state index in [-0.39, 0.29) is 23.8 Å². The van der Waals surface area contributed by atoms with Gasteiger partial charge >= 0.3 is 0 Å². The van der Waals surface area contributed by atoms with Gasteiger partial charge in [0.2, 0.25) is 5.91 Å². The standard InChI is InChI=1S/C24H26N4O3/c1-25-23(29)18-10-8-17(9-11-18)15-27(2)24(30)21-12-13-31-22(21)19-14-26-28(16-19)20-6-4-3-5-7-20/h3-11,14,16,21-22H,12-13,15H2,1-2H3,(H,25,29)/t21-,22+/m0/s1. The van der Waals surface area contributed by atoms with E-state index < -0.39 is 0 Å². The van der Waals surface area contributed by atoms with E-state index in [1.165, 1.54) is 0 Å². The number of nitrogens with one attached hydrogen (secondary N) is 1. The van der Waals surface area contributed by atoms with Gasteiger partial charge in [0.05, 0.1) is 23.9 Å². The van der Waals surface area contributed by atoms with E-state index in [0.717, 1.165) is 16.8 Å². The highest BCUT2D eigenvalue weighted by atomic mass is 16.5. The summed E-state index contributed by atoms with van der Waals surface area (Å²) in [5, 5.41) is 7.05. The van der Waals surface area contributed by atoms with Crippen molar-refractivity contribution in [2.45, 2.75) is 19.1 Å². The van der Waals surface area contributed by atoms with Crippen molar-refractivity contribution in [1.82, 2.24) is 20.0 Å². The zero-order chi connectivity index (χ0) is 21.8. The fourth-order valence-corrected chi connectivity index (χ4v) is 3.92. The van der Waals surface area contributed by atoms with Crippen molar-refractivity contribution < 1.29 is 14.3 Å². The lowest BCUT2D eigenvalue weighted by molar-refractivity contribution is -0.136. The lowest BCUT2D eigenvalue weighted by Crippen LogP contribution is -2.33. The van der Waals surface area contributed by atoms with Crippen LogP contribution in [0.25, 0.3) is 5.69 Å². The number of carbonyl (C=O) groups is 2. The minimum atomic E-state index is -0.303. The molecular formula is C24H26N4O3. The molecule has 3 aromatic rings. The van der Waals surface area contributed by atoms with Crippen molar-refractivity contribution in [2.75, 3.05) is 20.7 Å². The minimum absolute atomic E-state index is 0.0466. The molecule has 0 bridgehead atoms. The Hall–Kier alpha value is -3.45. The third kappa shape index (κ3) is 4.51. The van der Waals surface area contributed by atoms with E-state index in [0.29, 0.717) is 25.1 Å². The summed E-state index contributed by atoms with van der Waals surface area (Å²) in [5.41, 5.74) is 3.44. The summed E-state index contributed by atoms with van der Waals surface area (Å²) >= 11 is 0. The summed E-state index contributed by atoms with van der Waals surface area (Å²) < 4.78 is 7.73. The van der Waals surface area contributed by atoms with Gasteiger partial charge in [-0.05, 0) is 36.2 Å². The van der Waals surface area contributed by atoms with Crippen LogP contribution in [0.3, 0.4) is 0 Å². The summed E-state index contributed by atoms with van der Waals surface area (Å²) in [7, 11) is 3.41. The van der Waals surface area contributed by atoms with E-state index in [4.69, 9.17) is 4.74 Å². The lowest BCUT2D eigenvalue weighted by Gasteiger charge is -2.24. The van der Waals surface area contributed by atoms with E-state index in [2.05, 4.69) is 10.4 Å². The average Bonchev–Trinajstić information content (AvgIpc) is 3.49. The first-order chi connectivity index (χ1) is 15.1. The van der Waals surface area contributed by atoms with Crippen molar-refractivity contribution >= 4 is 11.8 Å². The highest BCUT2D eigenvalue weighted by molar-refractivity contribution is 5.93. The van der Waals surface area contributed by atoms with Crippen molar-refractivity contribution in [3.05, 3.63) is 83.7 Å². The Morgan fingerprint density at radius 1 is 1.16 bits per heavy atom. The number of hydrogen-bond donors (Lipinski definition) is 1. The maximum atomic E-state index is 13.2. The molecule has 1 saturated heterocycles. The van der Waals surface area contributed by atoms with E-state index in [9.17, 15) is 9.59 Å². The monoisotopic (exact) mass is 418 g/mol. The molecule has 1 fully saturated rings. The molecular weight excluding hydrogens is 392 g/mol. The number of amides is 2. The molecule has 0 radical (unpaired) electrons. The first-order valence-electron chi connectivity index (χ1n) is 10.3. The molecule has 2 atom stereocenters. The number of carbonyl (C=O) groups excluding carboxylic acids is 2. The highest BCUT2D eigenvalue weighted by Gasteiger charge is 2.37. The molecule has 4 rings (SSSR count). The Morgan fingerprint density at radius 3 is 2.61 bits per heavy atom. The van der Waals surface area contributed by atoms with Crippen LogP contribution in [0.1, 0.15) is 34.0 Å². The fraction of sp³-hybridized carbons (Fsp3) is 0.292. The molecule has 0 unspecified atom stereocenters. The summed E-state index contributed by atoms with van der Waals surface area (Å²) in [4.78, 5) is 26.6. The molecule has 0 aliphatic carbocycles. The van der Waals surface area contributed by atoms with Gasteiger partial charge < -0.3 is 15.0 Å². The molecule has 1 aliphatic heterocycles. The molecule has 7 heteroatoms. The molecule has 160 valence electrons. The van der Waals surface area contributed by atoms with E-state index in [1.807, 2.05) is 48.7 Å². The summed E-state index contributed by atoms with van der Waals surface area (Å²) in [6, 6.07) is 17.1. The quantitative estimate of drug-likeness (QED) is 0.668. The van der Waals surface area contributed by atoms with Gasteiger partial charge in [0.15, 0.2) is 0 Å². The molecule has 0 spiro atoms. The minimum Gasteiger partial charge on any atom is -0.373 e. The normalized spacial score (nSPS) is 18.0. The molecule has 0 saturated carbocycles. The van der Waals surface area contributed by atoms with E-state index >= 15 is 0 Å². The van der Waals surface area contributed by atoms with Gasteiger partial charge in [-0.15, -0.1) is 0 Å². The zero-order valence-corrected chi connectivity index (χ0v) is 17.7. The third-order valence-electron chi connectivity index (χ3n) is 5.60. The zero-order valence-electron chi connectivity index (χ0n) is 17.7. The Bertz CT molecular complexity index is 1050. The second kappa shape index (κ2) is 9.14. The van der Waals surface area contributed by atoms with Gasteiger partial charge in [0, 0.05) is 44.6 Å². The van der Waals surface area contributed by atoms with Gasteiger partial charge in [-0.2, -0.15) is 5.10 Å². The number of aromatic nitrogens is 2. The molecule has 1 aromatic heterocycles. The Morgan fingerprint density at radius 2 is 1.90 bits per heavy atom. The number of rotatable bonds is 6. The molecule has 1 aliphatic rings. The first kappa shape index (κ1) is 20.8. The number of ether oxygens (including phenoxy) is 1. The SMILES string of the molecule is CNC(=O)c1ccc(CN(C)C(=O)[C@H]2CCO[C@@H]2c2cnn(-c3ccccc3)c2)cc1. The van der Waals surface area contributed by atoms with Crippen molar-refractivity contribution in [3.63, 3.8) is 0 Å². The summed E-state index contributed by atoms with van der Waals surface area (Å²) in [6.07, 6.45) is 4.09. The van der Waals surface area contributed by atoms with Crippen LogP contribution < -0.4 is 5.32 Å².